The number of nitrogens with one attached hydrogen (secondary N) is 2. The van der Waals surface area contributed by atoms with Crippen LogP contribution < -0.4 is 10.6 Å². The van der Waals surface area contributed by atoms with Crippen molar-refractivity contribution in [1.29, 1.82) is 0 Å². The van der Waals surface area contributed by atoms with Crippen LogP contribution >= 0.6 is 0 Å². The Bertz CT molecular complexity index is 989. The van der Waals surface area contributed by atoms with Crippen molar-refractivity contribution in [2.45, 2.75) is 107 Å². The second-order valence-electron chi connectivity index (χ2n) is 10.6. The molecule has 10 nitrogen and oxygen atoms in total. The Labute approximate surface area is 207 Å². The van der Waals surface area contributed by atoms with Crippen molar-refractivity contribution < 1.29 is 27.9 Å². The van der Waals surface area contributed by atoms with Gasteiger partial charge in [0, 0.05) is 18.8 Å². The van der Waals surface area contributed by atoms with Crippen LogP contribution in [0.4, 0.5) is 4.79 Å². The standard InChI is InChI=1S/C24H38N4O6S/c1-17-11-12-18(19(29)16-28(17)35(32,33)20-10-6-9-15-25-20)26-21(30)24(13-7-5-8-14-24)27-22(31)34-23(2,3)4/h6,9-10,15,17-19,29H,5,7-8,11-14,16H2,1-4H3,(H,26,30)(H,27,31)/t17-,18+,19+/m1/s1. The summed E-state index contributed by atoms with van der Waals surface area (Å²) < 4.78 is 33.0. The van der Waals surface area contributed by atoms with Crippen molar-refractivity contribution in [2.75, 3.05) is 6.54 Å². The van der Waals surface area contributed by atoms with Crippen molar-refractivity contribution in [3.8, 4) is 0 Å². The Kier molecular flexibility index (Phi) is 8.44. The molecule has 2 aliphatic rings. The molecule has 2 amide bonds. The number of sulfonamides is 1. The van der Waals surface area contributed by atoms with Crippen LogP contribution in [-0.2, 0) is 19.6 Å². The van der Waals surface area contributed by atoms with E-state index in [1.807, 2.05) is 0 Å². The minimum Gasteiger partial charge on any atom is -0.444 e. The number of carbonyl (C=O) groups excluding carboxylic acids is 2. The van der Waals surface area contributed by atoms with E-state index in [1.165, 1.54) is 16.6 Å². The molecule has 196 valence electrons. The Morgan fingerprint density at radius 1 is 1.17 bits per heavy atom. The molecule has 1 aliphatic carbocycles. The predicted octanol–water partition coefficient (Wildman–Crippen LogP) is 2.33. The summed E-state index contributed by atoms with van der Waals surface area (Å²) in [5, 5.41) is 16.6. The fourth-order valence-corrected chi connectivity index (χ4v) is 6.35. The van der Waals surface area contributed by atoms with Crippen LogP contribution in [-0.4, -0.2) is 70.7 Å². The first-order valence-electron chi connectivity index (χ1n) is 12.3. The largest absolute Gasteiger partial charge is 0.444 e. The van der Waals surface area contributed by atoms with E-state index in [2.05, 4.69) is 15.6 Å². The maximum atomic E-state index is 13.5. The highest BCUT2D eigenvalue weighted by Gasteiger charge is 2.44. The zero-order valence-electron chi connectivity index (χ0n) is 21.0. The molecule has 1 aromatic rings. The number of rotatable bonds is 5. The number of pyridine rings is 1. The van der Waals surface area contributed by atoms with Gasteiger partial charge >= 0.3 is 6.09 Å². The minimum absolute atomic E-state index is 0.0794. The van der Waals surface area contributed by atoms with Crippen molar-refractivity contribution >= 4 is 22.0 Å². The average Bonchev–Trinajstić information content (AvgIpc) is 2.92. The van der Waals surface area contributed by atoms with Crippen LogP contribution in [0.3, 0.4) is 0 Å². The van der Waals surface area contributed by atoms with Crippen molar-refractivity contribution in [3.63, 3.8) is 0 Å². The summed E-state index contributed by atoms with van der Waals surface area (Å²) in [6, 6.07) is 3.62. The summed E-state index contributed by atoms with van der Waals surface area (Å²) in [6.45, 7) is 6.89. The van der Waals surface area contributed by atoms with Crippen LogP contribution in [0.25, 0.3) is 0 Å². The highest BCUT2D eigenvalue weighted by molar-refractivity contribution is 7.89. The molecule has 0 bridgehead atoms. The van der Waals surface area contributed by atoms with Gasteiger partial charge in [-0.2, -0.15) is 4.31 Å². The number of alkyl carbamates (subject to hydrolysis) is 1. The lowest BCUT2D eigenvalue weighted by Gasteiger charge is -2.38. The number of β-amino-alcohol motifs (C(OH)–C–C–N with tert-alkyl or cyclic N) is 1. The number of hydrogen-bond acceptors (Lipinski definition) is 7. The van der Waals surface area contributed by atoms with Gasteiger partial charge in [-0.05, 0) is 65.5 Å². The molecule has 1 aromatic heterocycles. The van der Waals surface area contributed by atoms with Crippen molar-refractivity contribution in [3.05, 3.63) is 24.4 Å². The lowest BCUT2D eigenvalue weighted by Crippen LogP contribution is -2.63. The maximum Gasteiger partial charge on any atom is 0.408 e. The van der Waals surface area contributed by atoms with E-state index in [4.69, 9.17) is 4.74 Å². The minimum atomic E-state index is -3.91. The van der Waals surface area contributed by atoms with E-state index in [-0.39, 0.29) is 23.5 Å². The van der Waals surface area contributed by atoms with Crippen LogP contribution in [0, 0.1) is 0 Å². The van der Waals surface area contributed by atoms with E-state index in [9.17, 15) is 23.1 Å². The Hall–Kier alpha value is -2.24. The molecule has 0 aromatic carbocycles. The second kappa shape index (κ2) is 10.8. The van der Waals surface area contributed by atoms with Gasteiger partial charge in [0.1, 0.15) is 11.1 Å². The summed E-state index contributed by atoms with van der Waals surface area (Å²) in [5.74, 6) is -0.374. The topological polar surface area (TPSA) is 138 Å². The monoisotopic (exact) mass is 510 g/mol. The van der Waals surface area contributed by atoms with E-state index < -0.39 is 39.4 Å². The number of amides is 2. The molecule has 1 saturated heterocycles. The molecule has 0 unspecified atom stereocenters. The second-order valence-corrected chi connectivity index (χ2v) is 12.4. The Morgan fingerprint density at radius 3 is 2.46 bits per heavy atom. The van der Waals surface area contributed by atoms with Crippen LogP contribution in [0.1, 0.15) is 72.6 Å². The van der Waals surface area contributed by atoms with Gasteiger partial charge in [-0.3, -0.25) is 4.79 Å². The first kappa shape index (κ1) is 27.3. The third kappa shape index (κ3) is 6.71. The summed E-state index contributed by atoms with van der Waals surface area (Å²) in [6.07, 6.45) is 3.94. The molecule has 3 N–H and O–H groups in total. The summed E-state index contributed by atoms with van der Waals surface area (Å²) in [4.78, 5) is 30.0. The third-order valence-electron chi connectivity index (χ3n) is 6.63. The van der Waals surface area contributed by atoms with E-state index >= 15 is 0 Å². The van der Waals surface area contributed by atoms with E-state index in [1.54, 1.807) is 39.8 Å². The molecule has 1 saturated carbocycles. The van der Waals surface area contributed by atoms with Crippen molar-refractivity contribution in [1.82, 2.24) is 19.9 Å². The molecule has 0 spiro atoms. The van der Waals surface area contributed by atoms with Gasteiger partial charge in [-0.25, -0.2) is 18.2 Å². The summed E-state index contributed by atoms with van der Waals surface area (Å²) >= 11 is 0. The first-order valence-corrected chi connectivity index (χ1v) is 13.7. The van der Waals surface area contributed by atoms with Gasteiger partial charge in [0.25, 0.3) is 10.0 Å². The number of aliphatic hydroxyl groups is 1. The van der Waals surface area contributed by atoms with Crippen LogP contribution in [0.15, 0.2) is 29.4 Å². The lowest BCUT2D eigenvalue weighted by atomic mass is 9.80. The molecule has 3 atom stereocenters. The molecule has 2 fully saturated rings. The maximum absolute atomic E-state index is 13.5. The van der Waals surface area contributed by atoms with Gasteiger partial charge in [-0.1, -0.05) is 25.3 Å². The predicted molar refractivity (Wildman–Crippen MR) is 130 cm³/mol. The summed E-state index contributed by atoms with van der Waals surface area (Å²) in [5.41, 5.74) is -1.83. The number of hydrogen-bond donors (Lipinski definition) is 3. The third-order valence-corrected chi connectivity index (χ3v) is 8.52. The number of ether oxygens (including phenoxy) is 1. The molecule has 2 heterocycles. The molecule has 35 heavy (non-hydrogen) atoms. The number of aromatic nitrogens is 1. The SMILES string of the molecule is C[C@@H]1CC[C@H](NC(=O)C2(NC(=O)OC(C)(C)C)CCCCC2)[C@@H](O)CN1S(=O)(=O)c1ccccn1. The van der Waals surface area contributed by atoms with Gasteiger partial charge in [0.15, 0.2) is 5.03 Å². The highest BCUT2D eigenvalue weighted by Crippen LogP contribution is 2.30. The Morgan fingerprint density at radius 2 is 1.86 bits per heavy atom. The molecular formula is C24H38N4O6S. The number of carbonyl (C=O) groups is 2. The average molecular weight is 511 g/mol. The zero-order valence-corrected chi connectivity index (χ0v) is 21.8. The normalized spacial score (nSPS) is 25.8. The molecule has 0 radical (unpaired) electrons. The first-order chi connectivity index (χ1) is 16.3. The van der Waals surface area contributed by atoms with Crippen LogP contribution in [0.2, 0.25) is 0 Å². The highest BCUT2D eigenvalue weighted by atomic mass is 32.2. The Balaban J connectivity index is 1.75. The van der Waals surface area contributed by atoms with Gasteiger partial charge in [-0.15, -0.1) is 0 Å². The van der Waals surface area contributed by atoms with E-state index in [0.29, 0.717) is 25.7 Å². The fraction of sp³-hybridized carbons (Fsp3) is 0.708. The lowest BCUT2D eigenvalue weighted by molar-refractivity contribution is -0.130. The van der Waals surface area contributed by atoms with Gasteiger partial charge in [0.05, 0.1) is 12.1 Å². The summed E-state index contributed by atoms with van der Waals surface area (Å²) in [7, 11) is -3.91. The zero-order chi connectivity index (χ0) is 25.9. The van der Waals surface area contributed by atoms with E-state index in [0.717, 1.165) is 19.3 Å². The molecule has 1 aliphatic heterocycles. The van der Waals surface area contributed by atoms with Crippen LogP contribution in [0.5, 0.6) is 0 Å². The van der Waals surface area contributed by atoms with Crippen molar-refractivity contribution in [2.24, 2.45) is 0 Å². The number of aliphatic hydroxyl groups excluding tert-OH is 1. The fourth-order valence-electron chi connectivity index (χ4n) is 4.74. The number of nitrogens with zero attached hydrogens (tertiary/aromatic N) is 2. The smallest absolute Gasteiger partial charge is 0.408 e. The molecular weight excluding hydrogens is 472 g/mol. The van der Waals surface area contributed by atoms with Gasteiger partial charge in [0.2, 0.25) is 5.91 Å². The molecule has 11 heteroatoms. The molecule has 3 rings (SSSR count). The quantitative estimate of drug-likeness (QED) is 0.553. The van der Waals surface area contributed by atoms with Gasteiger partial charge < -0.3 is 20.5 Å².